The summed E-state index contributed by atoms with van der Waals surface area (Å²) in [7, 11) is -1.61. The number of piperidine rings is 1. The van der Waals surface area contributed by atoms with Crippen LogP contribution in [0.1, 0.15) is 44.7 Å². The number of unbranched alkanes of at least 4 members (excludes halogenated alkanes) is 2. The molecule has 1 atom stereocenters. The zero-order valence-corrected chi connectivity index (χ0v) is 17.8. The van der Waals surface area contributed by atoms with Gasteiger partial charge >= 0.3 is 0 Å². The maximum Gasteiger partial charge on any atom is 0.281 e. The molecule has 2 heterocycles. The Kier molecular flexibility index (Phi) is 7.26. The Balaban J connectivity index is 1.39. The van der Waals surface area contributed by atoms with Crippen molar-refractivity contribution < 1.29 is 8.42 Å². The van der Waals surface area contributed by atoms with Gasteiger partial charge in [-0.3, -0.25) is 5.10 Å². The topological polar surface area (TPSA) is 69.3 Å². The van der Waals surface area contributed by atoms with E-state index in [-0.39, 0.29) is 0 Å². The van der Waals surface area contributed by atoms with Crippen molar-refractivity contribution in [2.24, 2.45) is 5.92 Å². The summed E-state index contributed by atoms with van der Waals surface area (Å²) in [5, 5.41) is 7.50. The number of aromatic amines is 1. The van der Waals surface area contributed by atoms with Crippen LogP contribution in [-0.4, -0.2) is 53.9 Å². The van der Waals surface area contributed by atoms with Crippen molar-refractivity contribution in [3.63, 3.8) is 0 Å². The molecule has 28 heavy (non-hydrogen) atoms. The summed E-state index contributed by atoms with van der Waals surface area (Å²) in [6.45, 7) is 4.00. The number of H-pyrrole nitrogens is 1. The third-order valence-electron chi connectivity index (χ3n) is 5.46. The van der Waals surface area contributed by atoms with Gasteiger partial charge in [-0.05, 0) is 44.1 Å². The van der Waals surface area contributed by atoms with Crippen molar-refractivity contribution >= 4 is 10.2 Å². The monoisotopic (exact) mass is 404 g/mol. The highest BCUT2D eigenvalue weighted by atomic mass is 32.2. The maximum absolute atomic E-state index is 12.7. The molecule has 7 heteroatoms. The zero-order chi connectivity index (χ0) is 20.0. The summed E-state index contributed by atoms with van der Waals surface area (Å²) in [4.78, 5) is 0. The molecule has 1 N–H and O–H groups in total. The molecule has 1 aliphatic heterocycles. The highest BCUT2D eigenvalue weighted by molar-refractivity contribution is 7.86. The fraction of sp³-hybridized carbons (Fsp3) is 0.571. The third-order valence-corrected chi connectivity index (χ3v) is 7.41. The Bertz CT molecular complexity index is 835. The van der Waals surface area contributed by atoms with Gasteiger partial charge in [0.1, 0.15) is 0 Å². The van der Waals surface area contributed by atoms with Crippen LogP contribution >= 0.6 is 0 Å². The minimum atomic E-state index is -3.31. The maximum atomic E-state index is 12.7. The Labute approximate surface area is 169 Å². The molecule has 3 rings (SSSR count). The van der Waals surface area contributed by atoms with Gasteiger partial charge in [0.25, 0.3) is 10.2 Å². The SMILES string of the molecule is C[C@@H]1CCCN(S(=O)(=O)N(C)CCCCCc2cc(-c3ccccc3)n[nH]2)C1. The average Bonchev–Trinajstić information content (AvgIpc) is 3.17. The van der Waals surface area contributed by atoms with Gasteiger partial charge in [0, 0.05) is 37.9 Å². The smallest absolute Gasteiger partial charge is 0.281 e. The largest absolute Gasteiger partial charge is 0.282 e. The van der Waals surface area contributed by atoms with E-state index in [0.29, 0.717) is 25.6 Å². The van der Waals surface area contributed by atoms with E-state index >= 15 is 0 Å². The number of rotatable bonds is 9. The van der Waals surface area contributed by atoms with Crippen LogP contribution in [0, 0.1) is 5.92 Å². The zero-order valence-electron chi connectivity index (χ0n) is 17.0. The number of nitrogens with zero attached hydrogens (tertiary/aromatic N) is 3. The van der Waals surface area contributed by atoms with Crippen LogP contribution in [0.5, 0.6) is 0 Å². The quantitative estimate of drug-likeness (QED) is 0.648. The normalized spacial score (nSPS) is 18.6. The lowest BCUT2D eigenvalue weighted by Gasteiger charge is -2.33. The summed E-state index contributed by atoms with van der Waals surface area (Å²) < 4.78 is 28.6. The number of aromatic nitrogens is 2. The summed E-state index contributed by atoms with van der Waals surface area (Å²) in [6.07, 6.45) is 5.90. The van der Waals surface area contributed by atoms with Crippen molar-refractivity contribution in [2.45, 2.75) is 45.4 Å². The van der Waals surface area contributed by atoms with Crippen LogP contribution in [0.15, 0.2) is 36.4 Å². The van der Waals surface area contributed by atoms with E-state index in [9.17, 15) is 8.42 Å². The lowest BCUT2D eigenvalue weighted by molar-refractivity contribution is 0.263. The molecule has 1 saturated heterocycles. The van der Waals surface area contributed by atoms with E-state index in [0.717, 1.165) is 55.5 Å². The Morgan fingerprint density at radius 3 is 2.75 bits per heavy atom. The molecule has 1 aliphatic rings. The molecule has 2 aromatic rings. The Morgan fingerprint density at radius 1 is 1.21 bits per heavy atom. The Hall–Kier alpha value is -1.70. The first-order valence-corrected chi connectivity index (χ1v) is 11.7. The van der Waals surface area contributed by atoms with Gasteiger partial charge in [0.15, 0.2) is 0 Å². The number of nitrogens with one attached hydrogen (secondary N) is 1. The van der Waals surface area contributed by atoms with E-state index < -0.39 is 10.2 Å². The van der Waals surface area contributed by atoms with Gasteiger partial charge < -0.3 is 0 Å². The molecule has 1 aromatic carbocycles. The summed E-state index contributed by atoms with van der Waals surface area (Å²) in [6, 6.07) is 12.2. The first-order chi connectivity index (χ1) is 13.5. The van der Waals surface area contributed by atoms with E-state index in [2.05, 4.69) is 35.3 Å². The van der Waals surface area contributed by atoms with Gasteiger partial charge in [-0.1, -0.05) is 43.7 Å². The molecule has 0 bridgehead atoms. The fourth-order valence-electron chi connectivity index (χ4n) is 3.74. The van der Waals surface area contributed by atoms with Crippen molar-refractivity contribution in [3.05, 3.63) is 42.1 Å². The second-order valence-corrected chi connectivity index (χ2v) is 9.93. The molecule has 0 saturated carbocycles. The standard InChI is InChI=1S/C21H32N4O2S/c1-18-10-9-15-25(17-18)28(26,27)24(2)14-8-4-7-13-20-16-21(23-22-20)19-11-5-3-6-12-19/h3,5-6,11-12,16,18H,4,7-10,13-15,17H2,1-2H3,(H,22,23)/t18-/m1/s1. The third kappa shape index (κ3) is 5.43. The van der Waals surface area contributed by atoms with Crippen LogP contribution < -0.4 is 0 Å². The highest BCUT2D eigenvalue weighted by Crippen LogP contribution is 2.21. The van der Waals surface area contributed by atoms with Crippen LogP contribution in [0.25, 0.3) is 11.3 Å². The molecule has 0 unspecified atom stereocenters. The predicted molar refractivity (Wildman–Crippen MR) is 113 cm³/mol. The lowest BCUT2D eigenvalue weighted by Crippen LogP contribution is -2.46. The van der Waals surface area contributed by atoms with Crippen molar-refractivity contribution in [1.82, 2.24) is 18.8 Å². The van der Waals surface area contributed by atoms with E-state index in [1.165, 1.54) is 4.31 Å². The van der Waals surface area contributed by atoms with Gasteiger partial charge in [-0.15, -0.1) is 0 Å². The molecule has 0 amide bonds. The molecule has 1 fully saturated rings. The second-order valence-electron chi connectivity index (χ2n) is 7.89. The fourth-order valence-corrected chi connectivity index (χ4v) is 5.30. The number of benzene rings is 1. The van der Waals surface area contributed by atoms with E-state index in [4.69, 9.17) is 0 Å². The molecule has 0 spiro atoms. The minimum absolute atomic E-state index is 0.451. The first kappa shape index (κ1) is 21.0. The van der Waals surface area contributed by atoms with Crippen LogP contribution in [0.2, 0.25) is 0 Å². The molecule has 6 nitrogen and oxygen atoms in total. The van der Waals surface area contributed by atoms with Gasteiger partial charge in [-0.2, -0.15) is 22.1 Å². The Morgan fingerprint density at radius 2 is 2.00 bits per heavy atom. The van der Waals surface area contributed by atoms with Gasteiger partial charge in [0.2, 0.25) is 0 Å². The average molecular weight is 405 g/mol. The highest BCUT2D eigenvalue weighted by Gasteiger charge is 2.30. The molecular weight excluding hydrogens is 372 g/mol. The van der Waals surface area contributed by atoms with Crippen LogP contribution in [-0.2, 0) is 16.6 Å². The first-order valence-electron chi connectivity index (χ1n) is 10.3. The number of hydrogen-bond donors (Lipinski definition) is 1. The van der Waals surface area contributed by atoms with Crippen molar-refractivity contribution in [1.29, 1.82) is 0 Å². The van der Waals surface area contributed by atoms with Crippen molar-refractivity contribution in [2.75, 3.05) is 26.7 Å². The number of aryl methyl sites for hydroxylation is 1. The molecule has 154 valence electrons. The minimum Gasteiger partial charge on any atom is -0.282 e. The predicted octanol–water partition coefficient (Wildman–Crippen LogP) is 3.70. The van der Waals surface area contributed by atoms with Crippen molar-refractivity contribution in [3.8, 4) is 11.3 Å². The summed E-state index contributed by atoms with van der Waals surface area (Å²) in [5.41, 5.74) is 3.21. The molecular formula is C21H32N4O2S. The van der Waals surface area contributed by atoms with Crippen LogP contribution in [0.3, 0.4) is 0 Å². The molecule has 0 aliphatic carbocycles. The second kappa shape index (κ2) is 9.67. The van der Waals surface area contributed by atoms with Gasteiger partial charge in [0.05, 0.1) is 5.69 Å². The number of hydrogen-bond acceptors (Lipinski definition) is 3. The van der Waals surface area contributed by atoms with E-state index in [1.807, 2.05) is 18.2 Å². The molecule has 1 aromatic heterocycles. The summed E-state index contributed by atoms with van der Waals surface area (Å²) >= 11 is 0. The molecule has 0 radical (unpaired) electrons. The van der Waals surface area contributed by atoms with Gasteiger partial charge in [-0.25, -0.2) is 0 Å². The van der Waals surface area contributed by atoms with E-state index in [1.54, 1.807) is 11.4 Å². The van der Waals surface area contributed by atoms with Crippen LogP contribution in [0.4, 0.5) is 0 Å². The lowest BCUT2D eigenvalue weighted by atomic mass is 10.0. The summed E-state index contributed by atoms with van der Waals surface area (Å²) in [5.74, 6) is 0.451.